The average Bonchev–Trinajstić information content (AvgIpc) is 2.66. The molecular formula is C20H34O8. The lowest BCUT2D eigenvalue weighted by Gasteiger charge is -2.34. The Kier molecular flexibility index (Phi) is 9.64. The molecule has 2 atom stereocenters. The Labute approximate surface area is 166 Å². The van der Waals surface area contributed by atoms with E-state index < -0.39 is 40.8 Å². The first-order valence-corrected chi connectivity index (χ1v) is 9.34. The van der Waals surface area contributed by atoms with Gasteiger partial charge in [-0.15, -0.1) is 0 Å². The zero-order valence-corrected chi connectivity index (χ0v) is 18.0. The fourth-order valence-corrected chi connectivity index (χ4v) is 2.82. The molecule has 2 unspecified atom stereocenters. The molecule has 0 radical (unpaired) electrons. The number of ether oxygens (including phenoxy) is 3. The molecule has 162 valence electrons. The van der Waals surface area contributed by atoms with Gasteiger partial charge in [-0.25, -0.2) is 4.79 Å². The average molecular weight is 402 g/mol. The number of esters is 3. The third-order valence-corrected chi connectivity index (χ3v) is 5.55. The predicted molar refractivity (Wildman–Crippen MR) is 101 cm³/mol. The van der Waals surface area contributed by atoms with E-state index in [2.05, 4.69) is 0 Å². The number of carboxylic acids is 1. The van der Waals surface area contributed by atoms with Crippen molar-refractivity contribution in [1.29, 1.82) is 0 Å². The van der Waals surface area contributed by atoms with Crippen LogP contribution < -0.4 is 0 Å². The quantitative estimate of drug-likeness (QED) is 0.391. The van der Waals surface area contributed by atoms with Gasteiger partial charge in [-0.05, 0) is 59.8 Å². The van der Waals surface area contributed by atoms with Gasteiger partial charge in [0.15, 0.2) is 6.61 Å². The van der Waals surface area contributed by atoms with Crippen LogP contribution in [-0.4, -0.2) is 49.8 Å². The minimum absolute atomic E-state index is 0.312. The van der Waals surface area contributed by atoms with Gasteiger partial charge in [0.05, 0.1) is 30.5 Å². The molecule has 0 rings (SSSR count). The van der Waals surface area contributed by atoms with E-state index in [-0.39, 0.29) is 5.97 Å². The van der Waals surface area contributed by atoms with Crippen molar-refractivity contribution in [1.82, 2.24) is 0 Å². The van der Waals surface area contributed by atoms with Gasteiger partial charge in [0, 0.05) is 0 Å². The monoisotopic (exact) mass is 402 g/mol. The van der Waals surface area contributed by atoms with Gasteiger partial charge in [0.1, 0.15) is 0 Å². The summed E-state index contributed by atoms with van der Waals surface area (Å²) in [5, 5.41) is 8.70. The summed E-state index contributed by atoms with van der Waals surface area (Å²) in [7, 11) is 2.62. The first kappa shape index (κ1) is 25.9. The Balaban J connectivity index is 5.30. The lowest BCUT2D eigenvalue weighted by atomic mass is 9.71. The summed E-state index contributed by atoms with van der Waals surface area (Å²) >= 11 is 0. The Morgan fingerprint density at radius 1 is 0.750 bits per heavy atom. The second kappa shape index (κ2) is 10.4. The van der Waals surface area contributed by atoms with Crippen LogP contribution in [0.2, 0.25) is 0 Å². The first-order chi connectivity index (χ1) is 12.8. The zero-order valence-electron chi connectivity index (χ0n) is 18.0. The third-order valence-electron chi connectivity index (χ3n) is 5.55. The van der Waals surface area contributed by atoms with Crippen molar-refractivity contribution in [2.24, 2.45) is 16.2 Å². The van der Waals surface area contributed by atoms with E-state index in [1.807, 2.05) is 0 Å². The molecule has 28 heavy (non-hydrogen) atoms. The molecule has 0 aliphatic rings. The number of hydrogen-bond donors (Lipinski definition) is 1. The molecule has 0 aliphatic heterocycles. The van der Waals surface area contributed by atoms with Crippen LogP contribution in [-0.2, 0) is 33.4 Å². The summed E-state index contributed by atoms with van der Waals surface area (Å²) in [6.07, 6.45) is 1.83. The fraction of sp³-hybridized carbons (Fsp3) is 0.800. The maximum Gasteiger partial charge on any atom is 0.341 e. The van der Waals surface area contributed by atoms with Crippen molar-refractivity contribution < 1.29 is 38.5 Å². The van der Waals surface area contributed by atoms with Gasteiger partial charge in [-0.1, -0.05) is 6.92 Å². The summed E-state index contributed by atoms with van der Waals surface area (Å²) in [5.41, 5.74) is -2.61. The highest BCUT2D eigenvalue weighted by Gasteiger charge is 2.42. The molecule has 8 heteroatoms. The van der Waals surface area contributed by atoms with Gasteiger partial charge in [0.2, 0.25) is 0 Å². The smallest absolute Gasteiger partial charge is 0.341 e. The predicted octanol–water partition coefficient (Wildman–Crippen LogP) is 2.97. The van der Waals surface area contributed by atoms with Crippen LogP contribution in [0.1, 0.15) is 66.7 Å². The number of rotatable bonds is 12. The second-order valence-corrected chi connectivity index (χ2v) is 8.31. The first-order valence-electron chi connectivity index (χ1n) is 9.34. The van der Waals surface area contributed by atoms with Crippen LogP contribution in [0.5, 0.6) is 0 Å². The summed E-state index contributed by atoms with van der Waals surface area (Å²) in [4.78, 5) is 47.4. The molecule has 0 fully saturated rings. The van der Waals surface area contributed by atoms with E-state index in [1.54, 1.807) is 34.6 Å². The van der Waals surface area contributed by atoms with E-state index in [4.69, 9.17) is 19.3 Å². The van der Waals surface area contributed by atoms with E-state index in [0.717, 1.165) is 0 Å². The standard InChI is InChI=1S/C20H34O8/c1-8-19(4,17(25)28-13-14(21)22)11-12-20(5,16(24)27-7)10-9-18(2,3)15(23)26-6/h8-13H2,1-7H3,(H,21,22). The Morgan fingerprint density at radius 3 is 1.64 bits per heavy atom. The Morgan fingerprint density at radius 2 is 1.21 bits per heavy atom. The van der Waals surface area contributed by atoms with E-state index >= 15 is 0 Å². The minimum atomic E-state index is -1.23. The number of carbonyl (C=O) groups excluding carboxylic acids is 3. The number of methoxy groups -OCH3 is 2. The number of aliphatic carboxylic acids is 1. The molecule has 0 heterocycles. The molecule has 0 bridgehead atoms. The molecule has 0 saturated heterocycles. The van der Waals surface area contributed by atoms with E-state index in [1.165, 1.54) is 14.2 Å². The third kappa shape index (κ3) is 7.13. The summed E-state index contributed by atoms with van der Waals surface area (Å²) in [5.74, 6) is -2.63. The zero-order chi connectivity index (χ0) is 22.2. The van der Waals surface area contributed by atoms with Gasteiger partial charge < -0.3 is 19.3 Å². The van der Waals surface area contributed by atoms with Crippen molar-refractivity contribution >= 4 is 23.9 Å². The molecule has 0 aliphatic carbocycles. The SMILES string of the molecule is CCC(C)(CCC(C)(CCC(C)(C)C(=O)OC)C(=O)OC)C(=O)OCC(=O)O. The largest absolute Gasteiger partial charge is 0.479 e. The highest BCUT2D eigenvalue weighted by Crippen LogP contribution is 2.40. The molecule has 0 aromatic rings. The van der Waals surface area contributed by atoms with Crippen LogP contribution in [0.3, 0.4) is 0 Å². The molecule has 1 N–H and O–H groups in total. The molecule has 0 saturated carbocycles. The van der Waals surface area contributed by atoms with Gasteiger partial charge >= 0.3 is 23.9 Å². The minimum Gasteiger partial charge on any atom is -0.479 e. The molecule has 0 aromatic heterocycles. The molecule has 0 aromatic carbocycles. The lowest BCUT2D eigenvalue weighted by molar-refractivity contribution is -0.164. The van der Waals surface area contributed by atoms with Crippen molar-refractivity contribution in [2.45, 2.75) is 66.7 Å². The molecule has 8 nitrogen and oxygen atoms in total. The van der Waals surface area contributed by atoms with Crippen LogP contribution in [0.15, 0.2) is 0 Å². The summed E-state index contributed by atoms with van der Waals surface area (Å²) < 4.78 is 14.6. The van der Waals surface area contributed by atoms with Crippen molar-refractivity contribution in [3.05, 3.63) is 0 Å². The molecule has 0 amide bonds. The number of carbonyl (C=O) groups is 4. The van der Waals surface area contributed by atoms with Crippen LogP contribution >= 0.6 is 0 Å². The van der Waals surface area contributed by atoms with Crippen molar-refractivity contribution in [3.8, 4) is 0 Å². The number of hydrogen-bond acceptors (Lipinski definition) is 7. The summed E-state index contributed by atoms with van der Waals surface area (Å²) in [6, 6.07) is 0. The highest BCUT2D eigenvalue weighted by atomic mass is 16.6. The van der Waals surface area contributed by atoms with Gasteiger partial charge in [-0.3, -0.25) is 14.4 Å². The van der Waals surface area contributed by atoms with Gasteiger partial charge in [-0.2, -0.15) is 0 Å². The molecular weight excluding hydrogens is 368 g/mol. The van der Waals surface area contributed by atoms with Crippen LogP contribution in [0.4, 0.5) is 0 Å². The van der Waals surface area contributed by atoms with E-state index in [0.29, 0.717) is 32.1 Å². The highest BCUT2D eigenvalue weighted by molar-refractivity contribution is 5.80. The maximum atomic E-state index is 12.4. The van der Waals surface area contributed by atoms with Crippen molar-refractivity contribution in [3.63, 3.8) is 0 Å². The Hall–Kier alpha value is -2.12. The van der Waals surface area contributed by atoms with Gasteiger partial charge in [0.25, 0.3) is 0 Å². The fourth-order valence-electron chi connectivity index (χ4n) is 2.82. The van der Waals surface area contributed by atoms with Crippen LogP contribution in [0.25, 0.3) is 0 Å². The van der Waals surface area contributed by atoms with Crippen LogP contribution in [0, 0.1) is 16.2 Å². The molecule has 0 spiro atoms. The maximum absolute atomic E-state index is 12.4. The second-order valence-electron chi connectivity index (χ2n) is 8.31. The Bertz CT molecular complexity index is 583. The number of carboxylic acid groups (broad SMARTS) is 1. The van der Waals surface area contributed by atoms with E-state index in [9.17, 15) is 19.2 Å². The normalized spacial score (nSPS) is 15.7. The lowest BCUT2D eigenvalue weighted by Crippen LogP contribution is -2.37. The summed E-state index contributed by atoms with van der Waals surface area (Å²) in [6.45, 7) is 8.03. The van der Waals surface area contributed by atoms with Crippen molar-refractivity contribution in [2.75, 3.05) is 20.8 Å². The topological polar surface area (TPSA) is 116 Å².